The van der Waals surface area contributed by atoms with E-state index in [-0.39, 0.29) is 0 Å². The first-order valence-electron chi connectivity index (χ1n) is 8.22. The molecule has 0 bridgehead atoms. The maximum atomic E-state index is 3.75. The molecule has 1 saturated heterocycles. The van der Waals surface area contributed by atoms with E-state index in [1.165, 1.54) is 12.1 Å². The van der Waals surface area contributed by atoms with Gasteiger partial charge in [-0.25, -0.2) is 0 Å². The first kappa shape index (κ1) is 16.5. The number of benzene rings is 1. The van der Waals surface area contributed by atoms with E-state index in [0.717, 1.165) is 26.1 Å². The number of rotatable bonds is 6. The second kappa shape index (κ2) is 7.92. The minimum absolute atomic E-state index is 0.613. The Morgan fingerprint density at radius 1 is 1.24 bits per heavy atom. The SMILES string of the molecule is CC(C)C1CN(CCN(C)C)C(Cc2ccccc2)CN1. The van der Waals surface area contributed by atoms with Crippen molar-refractivity contribution in [3.63, 3.8) is 0 Å². The number of piperazine rings is 1. The van der Waals surface area contributed by atoms with Gasteiger partial charge in [-0.2, -0.15) is 0 Å². The molecule has 3 nitrogen and oxygen atoms in total. The molecule has 2 rings (SSSR count). The van der Waals surface area contributed by atoms with E-state index in [0.29, 0.717) is 18.0 Å². The molecule has 3 heteroatoms. The van der Waals surface area contributed by atoms with Crippen molar-refractivity contribution in [2.45, 2.75) is 32.4 Å². The van der Waals surface area contributed by atoms with Crippen LogP contribution in [-0.4, -0.2) is 62.2 Å². The minimum atomic E-state index is 0.613. The van der Waals surface area contributed by atoms with E-state index in [2.05, 4.69) is 73.4 Å². The third-order valence-corrected chi connectivity index (χ3v) is 4.52. The second-order valence-corrected chi connectivity index (χ2v) is 6.90. The summed E-state index contributed by atoms with van der Waals surface area (Å²) in [5, 5.41) is 3.75. The van der Waals surface area contributed by atoms with Gasteiger partial charge < -0.3 is 10.2 Å². The van der Waals surface area contributed by atoms with Crippen LogP contribution in [0.3, 0.4) is 0 Å². The minimum Gasteiger partial charge on any atom is -0.311 e. The highest BCUT2D eigenvalue weighted by Gasteiger charge is 2.29. The highest BCUT2D eigenvalue weighted by Crippen LogP contribution is 2.16. The zero-order valence-electron chi connectivity index (χ0n) is 14.0. The molecule has 0 radical (unpaired) electrons. The van der Waals surface area contributed by atoms with Crippen LogP contribution in [0.25, 0.3) is 0 Å². The number of hydrogen-bond donors (Lipinski definition) is 1. The van der Waals surface area contributed by atoms with Crippen molar-refractivity contribution in [3.05, 3.63) is 35.9 Å². The molecule has 21 heavy (non-hydrogen) atoms. The molecule has 2 atom stereocenters. The normalized spacial score (nSPS) is 23.9. The molecule has 0 aliphatic carbocycles. The van der Waals surface area contributed by atoms with E-state index in [4.69, 9.17) is 0 Å². The molecule has 1 N–H and O–H groups in total. The molecule has 0 saturated carbocycles. The third kappa shape index (κ3) is 5.10. The summed E-state index contributed by atoms with van der Waals surface area (Å²) >= 11 is 0. The Hall–Kier alpha value is -0.900. The molecule has 1 heterocycles. The summed E-state index contributed by atoms with van der Waals surface area (Å²) in [5.41, 5.74) is 1.45. The summed E-state index contributed by atoms with van der Waals surface area (Å²) in [6, 6.07) is 12.1. The highest BCUT2D eigenvalue weighted by molar-refractivity contribution is 5.16. The highest BCUT2D eigenvalue weighted by atomic mass is 15.3. The Balaban J connectivity index is 1.99. The Morgan fingerprint density at radius 3 is 2.57 bits per heavy atom. The van der Waals surface area contributed by atoms with Crippen LogP contribution in [-0.2, 0) is 6.42 Å². The Morgan fingerprint density at radius 2 is 1.95 bits per heavy atom. The fraction of sp³-hybridized carbons (Fsp3) is 0.667. The lowest BCUT2D eigenvalue weighted by Crippen LogP contribution is -2.59. The van der Waals surface area contributed by atoms with Crippen LogP contribution in [0.1, 0.15) is 19.4 Å². The van der Waals surface area contributed by atoms with Crippen molar-refractivity contribution in [1.82, 2.24) is 15.1 Å². The summed E-state index contributed by atoms with van der Waals surface area (Å²) < 4.78 is 0. The van der Waals surface area contributed by atoms with E-state index in [9.17, 15) is 0 Å². The lowest BCUT2D eigenvalue weighted by Gasteiger charge is -2.42. The van der Waals surface area contributed by atoms with E-state index in [1.807, 2.05) is 0 Å². The quantitative estimate of drug-likeness (QED) is 0.865. The zero-order chi connectivity index (χ0) is 15.2. The van der Waals surface area contributed by atoms with E-state index >= 15 is 0 Å². The summed E-state index contributed by atoms with van der Waals surface area (Å²) in [6.07, 6.45) is 1.14. The van der Waals surface area contributed by atoms with Crippen molar-refractivity contribution < 1.29 is 0 Å². The summed E-state index contributed by atoms with van der Waals surface area (Å²) in [6.45, 7) is 9.21. The molecule has 1 aromatic rings. The first-order chi connectivity index (χ1) is 10.1. The van der Waals surface area contributed by atoms with Crippen molar-refractivity contribution >= 4 is 0 Å². The molecule has 1 aliphatic heterocycles. The van der Waals surface area contributed by atoms with Gasteiger partial charge in [-0.1, -0.05) is 44.2 Å². The predicted molar refractivity (Wildman–Crippen MR) is 90.7 cm³/mol. The van der Waals surface area contributed by atoms with Crippen molar-refractivity contribution in [1.29, 1.82) is 0 Å². The molecular formula is C18H31N3. The molecule has 1 aliphatic rings. The van der Waals surface area contributed by atoms with E-state index < -0.39 is 0 Å². The number of likely N-dealkylation sites (N-methyl/N-ethyl adjacent to an activating group) is 1. The van der Waals surface area contributed by atoms with Gasteiger partial charge in [-0.3, -0.25) is 4.90 Å². The van der Waals surface area contributed by atoms with Crippen molar-refractivity contribution in [3.8, 4) is 0 Å². The molecule has 0 amide bonds. The third-order valence-electron chi connectivity index (χ3n) is 4.52. The van der Waals surface area contributed by atoms with Crippen LogP contribution in [0.5, 0.6) is 0 Å². The smallest absolute Gasteiger partial charge is 0.0262 e. The maximum absolute atomic E-state index is 3.75. The molecule has 0 aromatic heterocycles. The van der Waals surface area contributed by atoms with Crippen molar-refractivity contribution in [2.24, 2.45) is 5.92 Å². The average Bonchev–Trinajstić information content (AvgIpc) is 2.47. The summed E-state index contributed by atoms with van der Waals surface area (Å²) in [5.74, 6) is 0.699. The topological polar surface area (TPSA) is 18.5 Å². The van der Waals surface area contributed by atoms with Gasteiger partial charge in [0.1, 0.15) is 0 Å². The lowest BCUT2D eigenvalue weighted by atomic mass is 9.96. The standard InChI is InChI=1S/C18H31N3/c1-15(2)18-14-21(11-10-20(3)4)17(13-19-18)12-16-8-6-5-7-9-16/h5-9,15,17-19H,10-14H2,1-4H3. The second-order valence-electron chi connectivity index (χ2n) is 6.90. The lowest BCUT2D eigenvalue weighted by molar-refractivity contribution is 0.105. The zero-order valence-corrected chi connectivity index (χ0v) is 14.0. The average molecular weight is 289 g/mol. The molecule has 118 valence electrons. The summed E-state index contributed by atoms with van der Waals surface area (Å²) in [7, 11) is 4.32. The van der Waals surface area contributed by atoms with Gasteiger partial charge >= 0.3 is 0 Å². The first-order valence-corrected chi connectivity index (χ1v) is 8.22. The van der Waals surface area contributed by atoms with Gasteiger partial charge in [-0.05, 0) is 32.0 Å². The Labute approximate surface area is 130 Å². The van der Waals surface area contributed by atoms with E-state index in [1.54, 1.807) is 0 Å². The molecule has 0 spiro atoms. The van der Waals surface area contributed by atoms with Crippen LogP contribution in [0.4, 0.5) is 0 Å². The van der Waals surface area contributed by atoms with Gasteiger partial charge in [0.2, 0.25) is 0 Å². The number of hydrogen-bond acceptors (Lipinski definition) is 3. The fourth-order valence-corrected chi connectivity index (χ4v) is 3.02. The van der Waals surface area contributed by atoms with Gasteiger partial charge in [0.15, 0.2) is 0 Å². The maximum Gasteiger partial charge on any atom is 0.0262 e. The molecule has 1 fully saturated rings. The number of nitrogens with one attached hydrogen (secondary N) is 1. The summed E-state index contributed by atoms with van der Waals surface area (Å²) in [4.78, 5) is 4.97. The Kier molecular flexibility index (Phi) is 6.22. The molecule has 1 aromatic carbocycles. The fourth-order valence-electron chi connectivity index (χ4n) is 3.02. The van der Waals surface area contributed by atoms with Crippen LogP contribution >= 0.6 is 0 Å². The van der Waals surface area contributed by atoms with Crippen LogP contribution in [0.15, 0.2) is 30.3 Å². The van der Waals surface area contributed by atoms with Gasteiger partial charge in [0, 0.05) is 38.3 Å². The monoisotopic (exact) mass is 289 g/mol. The van der Waals surface area contributed by atoms with Gasteiger partial charge in [0.25, 0.3) is 0 Å². The number of nitrogens with zero attached hydrogens (tertiary/aromatic N) is 2. The van der Waals surface area contributed by atoms with Crippen LogP contribution < -0.4 is 5.32 Å². The molecular weight excluding hydrogens is 258 g/mol. The van der Waals surface area contributed by atoms with Crippen LogP contribution in [0.2, 0.25) is 0 Å². The van der Waals surface area contributed by atoms with Crippen molar-refractivity contribution in [2.75, 3.05) is 40.3 Å². The Bertz CT molecular complexity index is 402. The predicted octanol–water partition coefficient (Wildman–Crippen LogP) is 2.09. The van der Waals surface area contributed by atoms with Crippen LogP contribution in [0, 0.1) is 5.92 Å². The largest absolute Gasteiger partial charge is 0.311 e. The molecule has 2 unspecified atom stereocenters. The van der Waals surface area contributed by atoms with Gasteiger partial charge in [-0.15, -0.1) is 0 Å². The van der Waals surface area contributed by atoms with Gasteiger partial charge in [0.05, 0.1) is 0 Å².